The molecular weight excluding hydrogens is 253 g/mol. The molecule has 3 rings (SSSR count). The maximum absolute atomic E-state index is 13.5. The Morgan fingerprint density at radius 2 is 2.15 bits per heavy atom. The molecule has 2 N–H and O–H groups in total. The highest BCUT2D eigenvalue weighted by atomic mass is 19.1. The van der Waals surface area contributed by atoms with E-state index in [0.717, 1.165) is 42.1 Å². The van der Waals surface area contributed by atoms with Gasteiger partial charge in [-0.1, -0.05) is 13.0 Å². The number of anilines is 2. The van der Waals surface area contributed by atoms with Crippen molar-refractivity contribution in [2.24, 2.45) is 5.73 Å². The number of aromatic nitrogens is 1. The van der Waals surface area contributed by atoms with Crippen molar-refractivity contribution in [1.82, 2.24) is 4.98 Å². The molecule has 0 spiro atoms. The molecule has 0 saturated heterocycles. The van der Waals surface area contributed by atoms with Crippen molar-refractivity contribution in [2.75, 3.05) is 11.4 Å². The molecule has 0 amide bonds. The van der Waals surface area contributed by atoms with Gasteiger partial charge in [0, 0.05) is 24.5 Å². The summed E-state index contributed by atoms with van der Waals surface area (Å²) in [5.41, 5.74) is 9.94. The molecule has 1 aliphatic heterocycles. The smallest absolute Gasteiger partial charge is 0.133 e. The van der Waals surface area contributed by atoms with E-state index in [-0.39, 0.29) is 5.82 Å². The minimum Gasteiger partial charge on any atom is -0.326 e. The summed E-state index contributed by atoms with van der Waals surface area (Å²) in [6.45, 7) is 3.40. The molecule has 0 aliphatic carbocycles. The summed E-state index contributed by atoms with van der Waals surface area (Å²) in [6, 6.07) is 9.00. The fourth-order valence-corrected chi connectivity index (χ4v) is 2.66. The molecule has 4 heteroatoms. The fraction of sp³-hybridized carbons (Fsp3) is 0.312. The van der Waals surface area contributed by atoms with E-state index in [1.807, 2.05) is 18.2 Å². The van der Waals surface area contributed by atoms with Gasteiger partial charge in [-0.25, -0.2) is 9.37 Å². The second-order valence-corrected chi connectivity index (χ2v) is 5.06. The van der Waals surface area contributed by atoms with E-state index >= 15 is 0 Å². The van der Waals surface area contributed by atoms with E-state index in [0.29, 0.717) is 6.54 Å². The summed E-state index contributed by atoms with van der Waals surface area (Å²) in [5.74, 6) is 0.662. The number of hydrogen-bond acceptors (Lipinski definition) is 3. The van der Waals surface area contributed by atoms with Crippen LogP contribution in [0, 0.1) is 5.82 Å². The molecule has 104 valence electrons. The minimum absolute atomic E-state index is 0.207. The second kappa shape index (κ2) is 5.21. The third-order valence-electron chi connectivity index (χ3n) is 3.74. The van der Waals surface area contributed by atoms with Crippen molar-refractivity contribution in [3.8, 4) is 0 Å². The van der Waals surface area contributed by atoms with Crippen molar-refractivity contribution < 1.29 is 4.39 Å². The summed E-state index contributed by atoms with van der Waals surface area (Å²) in [4.78, 5) is 6.74. The average molecular weight is 271 g/mol. The quantitative estimate of drug-likeness (QED) is 0.933. The molecule has 0 radical (unpaired) electrons. The predicted octanol–water partition coefficient (Wildman–Crippen LogP) is 2.94. The Balaban J connectivity index is 2.05. The largest absolute Gasteiger partial charge is 0.326 e. The second-order valence-electron chi connectivity index (χ2n) is 5.06. The topological polar surface area (TPSA) is 42.1 Å². The normalized spacial score (nSPS) is 13.7. The number of nitrogens with zero attached hydrogens (tertiary/aromatic N) is 2. The van der Waals surface area contributed by atoms with Crippen LogP contribution >= 0.6 is 0 Å². The Kier molecular flexibility index (Phi) is 3.40. The summed E-state index contributed by atoms with van der Waals surface area (Å²) >= 11 is 0. The lowest BCUT2D eigenvalue weighted by atomic mass is 10.1. The highest BCUT2D eigenvalue weighted by molar-refractivity contribution is 5.68. The van der Waals surface area contributed by atoms with Gasteiger partial charge in [-0.15, -0.1) is 0 Å². The van der Waals surface area contributed by atoms with E-state index in [4.69, 9.17) is 5.73 Å². The van der Waals surface area contributed by atoms with Gasteiger partial charge in [0.2, 0.25) is 0 Å². The Hall–Kier alpha value is -1.94. The van der Waals surface area contributed by atoms with E-state index in [1.54, 1.807) is 6.07 Å². The van der Waals surface area contributed by atoms with Crippen LogP contribution in [0.3, 0.4) is 0 Å². The molecule has 20 heavy (non-hydrogen) atoms. The summed E-state index contributed by atoms with van der Waals surface area (Å²) < 4.78 is 13.5. The predicted molar refractivity (Wildman–Crippen MR) is 78.6 cm³/mol. The molecule has 3 nitrogen and oxygen atoms in total. The van der Waals surface area contributed by atoms with Crippen LogP contribution in [0.4, 0.5) is 15.9 Å². The SMILES string of the molecule is CCc1cc(CN)cc(N2CCc3ccc(F)cc32)n1. The van der Waals surface area contributed by atoms with Crippen molar-refractivity contribution >= 4 is 11.5 Å². The van der Waals surface area contributed by atoms with Crippen LogP contribution in [0.25, 0.3) is 0 Å². The van der Waals surface area contributed by atoms with Crippen LogP contribution in [0.2, 0.25) is 0 Å². The van der Waals surface area contributed by atoms with Gasteiger partial charge in [0.1, 0.15) is 11.6 Å². The molecular formula is C16H18FN3. The summed E-state index contributed by atoms with van der Waals surface area (Å²) in [7, 11) is 0. The lowest BCUT2D eigenvalue weighted by Gasteiger charge is -2.20. The van der Waals surface area contributed by atoms with Crippen molar-refractivity contribution in [1.29, 1.82) is 0 Å². The zero-order chi connectivity index (χ0) is 14.1. The van der Waals surface area contributed by atoms with Gasteiger partial charge in [0.15, 0.2) is 0 Å². The van der Waals surface area contributed by atoms with Crippen molar-refractivity contribution in [3.63, 3.8) is 0 Å². The molecule has 1 aromatic heterocycles. The average Bonchev–Trinajstić information content (AvgIpc) is 2.89. The van der Waals surface area contributed by atoms with Crippen molar-refractivity contribution in [3.05, 3.63) is 53.0 Å². The monoisotopic (exact) mass is 271 g/mol. The van der Waals surface area contributed by atoms with Gasteiger partial charge < -0.3 is 10.6 Å². The maximum atomic E-state index is 13.5. The standard InChI is InChI=1S/C16H18FN3/c1-2-14-7-11(10-18)8-16(19-14)20-6-5-12-3-4-13(17)9-15(12)20/h3-4,7-9H,2,5-6,10,18H2,1H3. The molecule has 0 fully saturated rings. The zero-order valence-electron chi connectivity index (χ0n) is 11.6. The van der Waals surface area contributed by atoms with Crippen LogP contribution in [0.5, 0.6) is 0 Å². The number of benzene rings is 1. The van der Waals surface area contributed by atoms with E-state index < -0.39 is 0 Å². The van der Waals surface area contributed by atoms with Gasteiger partial charge in [0.05, 0.1) is 0 Å². The van der Waals surface area contributed by atoms with E-state index in [2.05, 4.69) is 16.8 Å². The van der Waals surface area contributed by atoms with Crippen LogP contribution in [0.1, 0.15) is 23.7 Å². The zero-order valence-corrected chi connectivity index (χ0v) is 11.6. The Morgan fingerprint density at radius 1 is 1.30 bits per heavy atom. The first-order valence-corrected chi connectivity index (χ1v) is 6.97. The van der Waals surface area contributed by atoms with Crippen molar-refractivity contribution in [2.45, 2.75) is 26.3 Å². The lowest BCUT2D eigenvalue weighted by molar-refractivity contribution is 0.628. The molecule has 0 atom stereocenters. The molecule has 1 aromatic carbocycles. The molecule has 0 saturated carbocycles. The van der Waals surface area contributed by atoms with Gasteiger partial charge in [0.25, 0.3) is 0 Å². The third kappa shape index (κ3) is 2.27. The van der Waals surface area contributed by atoms with Crippen LogP contribution < -0.4 is 10.6 Å². The Morgan fingerprint density at radius 3 is 2.90 bits per heavy atom. The molecule has 2 heterocycles. The summed E-state index contributed by atoms with van der Waals surface area (Å²) in [6.07, 6.45) is 1.79. The van der Waals surface area contributed by atoms with Gasteiger partial charge in [-0.2, -0.15) is 0 Å². The number of aryl methyl sites for hydroxylation is 1. The van der Waals surface area contributed by atoms with Crippen LogP contribution in [-0.4, -0.2) is 11.5 Å². The van der Waals surface area contributed by atoms with Gasteiger partial charge >= 0.3 is 0 Å². The first kappa shape index (κ1) is 13.1. The summed E-state index contributed by atoms with van der Waals surface area (Å²) in [5, 5.41) is 0. The minimum atomic E-state index is -0.207. The Bertz CT molecular complexity index is 617. The highest BCUT2D eigenvalue weighted by Crippen LogP contribution is 2.34. The van der Waals surface area contributed by atoms with Gasteiger partial charge in [-0.05, 0) is 48.2 Å². The first-order valence-electron chi connectivity index (χ1n) is 6.97. The first-order chi connectivity index (χ1) is 9.71. The maximum Gasteiger partial charge on any atom is 0.133 e. The van der Waals surface area contributed by atoms with Gasteiger partial charge in [-0.3, -0.25) is 0 Å². The number of pyridine rings is 1. The highest BCUT2D eigenvalue weighted by Gasteiger charge is 2.22. The number of fused-ring (bicyclic) bond motifs is 1. The van der Waals surface area contributed by atoms with E-state index in [1.165, 1.54) is 11.6 Å². The molecule has 0 bridgehead atoms. The lowest BCUT2D eigenvalue weighted by Crippen LogP contribution is -2.16. The number of nitrogens with two attached hydrogens (primary N) is 1. The fourth-order valence-electron chi connectivity index (χ4n) is 2.66. The third-order valence-corrected chi connectivity index (χ3v) is 3.74. The number of halogens is 1. The Labute approximate surface area is 118 Å². The van der Waals surface area contributed by atoms with Crippen LogP contribution in [0.15, 0.2) is 30.3 Å². The number of hydrogen-bond donors (Lipinski definition) is 1. The van der Waals surface area contributed by atoms with Crippen LogP contribution in [-0.2, 0) is 19.4 Å². The molecule has 0 unspecified atom stereocenters. The number of rotatable bonds is 3. The molecule has 2 aromatic rings. The van der Waals surface area contributed by atoms with E-state index in [9.17, 15) is 4.39 Å². The molecule has 1 aliphatic rings.